The van der Waals surface area contributed by atoms with Gasteiger partial charge in [0.05, 0.1) is 11.3 Å². The summed E-state index contributed by atoms with van der Waals surface area (Å²) >= 11 is 7.42. The van der Waals surface area contributed by atoms with Crippen molar-refractivity contribution in [2.24, 2.45) is 0 Å². The van der Waals surface area contributed by atoms with E-state index in [-0.39, 0.29) is 17.5 Å². The third kappa shape index (κ3) is 4.05. The number of benzene rings is 2. The Morgan fingerprint density at radius 3 is 2.48 bits per heavy atom. The van der Waals surface area contributed by atoms with Gasteiger partial charge in [-0.2, -0.15) is 18.2 Å². The van der Waals surface area contributed by atoms with Gasteiger partial charge in [0, 0.05) is 23.1 Å². The van der Waals surface area contributed by atoms with Crippen molar-refractivity contribution in [1.82, 2.24) is 15.2 Å². The van der Waals surface area contributed by atoms with Crippen molar-refractivity contribution in [3.63, 3.8) is 0 Å². The lowest BCUT2D eigenvalue weighted by atomic mass is 10.1. The van der Waals surface area contributed by atoms with E-state index in [0.717, 1.165) is 12.1 Å². The number of hydrogen-bond acceptors (Lipinski definition) is 6. The number of rotatable bonds is 2. The Morgan fingerprint density at radius 1 is 1.16 bits per heavy atom. The molecule has 1 aromatic heterocycles. The minimum Gasteiger partial charge on any atom is -0.447 e. The molecule has 1 aliphatic rings. The van der Waals surface area contributed by atoms with Crippen molar-refractivity contribution in [3.05, 3.63) is 58.6 Å². The lowest BCUT2D eigenvalue weighted by Crippen LogP contribution is -2.36. The van der Waals surface area contributed by atoms with Gasteiger partial charge in [0.2, 0.25) is 23.2 Å². The zero-order valence-electron chi connectivity index (χ0n) is 16.1. The molecular weight excluding hydrogens is 453 g/mol. The molecule has 3 aromatic rings. The summed E-state index contributed by atoms with van der Waals surface area (Å²) in [5, 5.41) is 8.97. The fraction of sp³-hybridized carbons (Fsp3) is 0.200. The summed E-state index contributed by atoms with van der Waals surface area (Å²) in [5.74, 6) is -0.296. The predicted molar refractivity (Wildman–Crippen MR) is 110 cm³/mol. The van der Waals surface area contributed by atoms with Crippen LogP contribution in [0.3, 0.4) is 0 Å². The van der Waals surface area contributed by atoms with Gasteiger partial charge in [-0.3, -0.25) is 9.69 Å². The molecule has 2 heterocycles. The molecule has 6 nitrogen and oxygen atoms in total. The van der Waals surface area contributed by atoms with Crippen molar-refractivity contribution in [1.29, 1.82) is 0 Å². The van der Waals surface area contributed by atoms with E-state index in [1.54, 1.807) is 24.5 Å². The fourth-order valence-corrected chi connectivity index (χ4v) is 3.69. The Labute approximate surface area is 184 Å². The predicted octanol–water partition coefficient (Wildman–Crippen LogP) is 5.38. The first-order valence-corrected chi connectivity index (χ1v) is 10.5. The molecule has 11 heteroatoms. The maximum atomic E-state index is 13.0. The maximum absolute atomic E-state index is 13.0. The maximum Gasteiger partial charge on any atom is 0.416 e. The van der Waals surface area contributed by atoms with Gasteiger partial charge in [-0.25, -0.2) is 0 Å². The van der Waals surface area contributed by atoms with Gasteiger partial charge in [-0.15, -0.1) is 10.2 Å². The van der Waals surface area contributed by atoms with Crippen molar-refractivity contribution in [2.45, 2.75) is 24.5 Å². The van der Waals surface area contributed by atoms with Crippen molar-refractivity contribution >= 4 is 35.0 Å². The third-order valence-corrected chi connectivity index (χ3v) is 5.38. The van der Waals surface area contributed by atoms with Crippen LogP contribution in [0.25, 0.3) is 11.3 Å². The van der Waals surface area contributed by atoms with E-state index in [9.17, 15) is 18.0 Å². The van der Waals surface area contributed by atoms with Crippen molar-refractivity contribution in [2.75, 3.05) is 11.2 Å². The summed E-state index contributed by atoms with van der Waals surface area (Å²) in [5.41, 5.74) is 0.700. The summed E-state index contributed by atoms with van der Waals surface area (Å²) in [6.07, 6.45) is -3.80. The molecule has 31 heavy (non-hydrogen) atoms. The number of ether oxygens (including phenoxy) is 1. The average molecular weight is 467 g/mol. The van der Waals surface area contributed by atoms with Crippen LogP contribution in [0.15, 0.2) is 47.6 Å². The van der Waals surface area contributed by atoms with E-state index in [1.807, 2.05) is 0 Å². The summed E-state index contributed by atoms with van der Waals surface area (Å²) in [6.45, 7) is 1.33. The molecule has 0 saturated heterocycles. The van der Waals surface area contributed by atoms with E-state index < -0.39 is 18.0 Å². The number of carbonyl (C=O) groups excluding carboxylic acids is 1. The smallest absolute Gasteiger partial charge is 0.416 e. The molecule has 160 valence electrons. The van der Waals surface area contributed by atoms with Crippen LogP contribution in [0.5, 0.6) is 5.88 Å². The Morgan fingerprint density at radius 2 is 1.87 bits per heavy atom. The molecule has 0 spiro atoms. The number of nitrogens with zero attached hydrogens (tertiary/aromatic N) is 4. The van der Waals surface area contributed by atoms with Gasteiger partial charge in [0.15, 0.2) is 5.69 Å². The third-order valence-electron chi connectivity index (χ3n) is 4.61. The molecule has 0 N–H and O–H groups in total. The molecule has 1 unspecified atom stereocenters. The summed E-state index contributed by atoms with van der Waals surface area (Å²) in [6, 6.07) is 9.26. The largest absolute Gasteiger partial charge is 0.447 e. The van der Waals surface area contributed by atoms with E-state index in [0.29, 0.717) is 27.0 Å². The molecule has 0 saturated carbocycles. The highest BCUT2D eigenvalue weighted by Crippen LogP contribution is 2.44. The highest BCUT2D eigenvalue weighted by molar-refractivity contribution is 7.98. The highest BCUT2D eigenvalue weighted by atomic mass is 35.5. The lowest BCUT2D eigenvalue weighted by molar-refractivity contribution is -0.137. The summed E-state index contributed by atoms with van der Waals surface area (Å²) < 4.78 is 45.1. The van der Waals surface area contributed by atoms with Crippen LogP contribution >= 0.6 is 23.4 Å². The molecule has 0 aliphatic carbocycles. The number of thioether (sulfide) groups is 1. The van der Waals surface area contributed by atoms with Gasteiger partial charge in [-0.05, 0) is 36.6 Å². The fourth-order valence-electron chi connectivity index (χ4n) is 3.22. The normalized spacial score (nSPS) is 15.5. The second-order valence-electron chi connectivity index (χ2n) is 6.59. The molecule has 2 aromatic carbocycles. The van der Waals surface area contributed by atoms with Gasteiger partial charge in [0.25, 0.3) is 0 Å². The van der Waals surface area contributed by atoms with E-state index in [1.165, 1.54) is 35.7 Å². The number of carbonyl (C=O) groups is 1. The number of amides is 1. The van der Waals surface area contributed by atoms with Crippen LogP contribution in [0.1, 0.15) is 24.3 Å². The van der Waals surface area contributed by atoms with E-state index in [2.05, 4.69) is 15.2 Å². The lowest BCUT2D eigenvalue weighted by Gasteiger charge is -2.30. The zero-order chi connectivity index (χ0) is 22.3. The first kappa shape index (κ1) is 21.4. The Hall–Kier alpha value is -2.85. The van der Waals surface area contributed by atoms with Crippen LogP contribution in [0.4, 0.5) is 18.9 Å². The van der Waals surface area contributed by atoms with Crippen LogP contribution in [0, 0.1) is 0 Å². The SMILES string of the molecule is CSc1nnc2c(n1)OC(c1ccc(C(F)(F)F)cc1)N(C(C)=O)c1ccc(Cl)cc1-2. The Bertz CT molecular complexity index is 1160. The number of anilines is 1. The monoisotopic (exact) mass is 466 g/mol. The topological polar surface area (TPSA) is 68.2 Å². The van der Waals surface area contributed by atoms with Crippen molar-refractivity contribution < 1.29 is 22.7 Å². The van der Waals surface area contributed by atoms with E-state index >= 15 is 0 Å². The van der Waals surface area contributed by atoms with Crippen LogP contribution in [0.2, 0.25) is 5.02 Å². The highest BCUT2D eigenvalue weighted by Gasteiger charge is 2.36. The van der Waals surface area contributed by atoms with Crippen LogP contribution in [-0.4, -0.2) is 27.3 Å². The molecule has 0 fully saturated rings. The van der Waals surface area contributed by atoms with Gasteiger partial charge < -0.3 is 4.74 Å². The average Bonchev–Trinajstić information content (AvgIpc) is 2.87. The Kier molecular flexibility index (Phi) is 5.52. The molecule has 1 amide bonds. The molecule has 1 atom stereocenters. The minimum atomic E-state index is -4.48. The standard InChI is InChI=1S/C20H14ClF3N4O2S/c1-10(29)28-15-8-7-13(21)9-14(15)16-17(25-19(31-2)27-26-16)30-18(28)11-3-5-12(6-4-11)20(22,23)24/h3-9,18H,1-2H3. The van der Waals surface area contributed by atoms with E-state index in [4.69, 9.17) is 16.3 Å². The van der Waals surface area contributed by atoms with Crippen LogP contribution in [-0.2, 0) is 11.0 Å². The number of hydrogen-bond donors (Lipinski definition) is 0. The van der Waals surface area contributed by atoms with Crippen LogP contribution < -0.4 is 9.64 Å². The first-order chi connectivity index (χ1) is 14.7. The van der Waals surface area contributed by atoms with Gasteiger partial charge in [-0.1, -0.05) is 35.5 Å². The number of aromatic nitrogens is 3. The quantitative estimate of drug-likeness (QED) is 0.472. The second kappa shape index (κ2) is 8.01. The number of fused-ring (bicyclic) bond motifs is 3. The number of halogens is 4. The summed E-state index contributed by atoms with van der Waals surface area (Å²) in [4.78, 5) is 18.3. The first-order valence-electron chi connectivity index (χ1n) is 8.91. The molecule has 4 rings (SSSR count). The number of alkyl halides is 3. The molecular formula is C20H14ClF3N4O2S. The van der Waals surface area contributed by atoms with Gasteiger partial charge in [0.1, 0.15) is 0 Å². The molecule has 0 radical (unpaired) electrons. The Balaban J connectivity index is 1.92. The molecule has 1 aliphatic heterocycles. The summed E-state index contributed by atoms with van der Waals surface area (Å²) in [7, 11) is 0. The van der Waals surface area contributed by atoms with Crippen molar-refractivity contribution in [3.8, 4) is 17.1 Å². The zero-order valence-corrected chi connectivity index (χ0v) is 17.7. The van der Waals surface area contributed by atoms with Gasteiger partial charge >= 0.3 is 6.18 Å². The molecule has 0 bridgehead atoms. The minimum absolute atomic E-state index is 0.0940. The second-order valence-corrected chi connectivity index (χ2v) is 7.80.